The molecule has 0 fully saturated rings. The fourth-order valence-electron chi connectivity index (χ4n) is 2.67. The zero-order valence-electron chi connectivity index (χ0n) is 14.9. The van der Waals surface area contributed by atoms with Gasteiger partial charge < -0.3 is 14.8 Å². The van der Waals surface area contributed by atoms with Crippen molar-refractivity contribution < 1.29 is 19.1 Å². The summed E-state index contributed by atoms with van der Waals surface area (Å²) in [6, 6.07) is 11.5. The first kappa shape index (κ1) is 19.6. The summed E-state index contributed by atoms with van der Waals surface area (Å²) in [4.78, 5) is 24.0. The number of dihydropyridines is 1. The molecule has 26 heavy (non-hydrogen) atoms. The van der Waals surface area contributed by atoms with Crippen molar-refractivity contribution in [3.8, 4) is 6.07 Å². The first-order valence-corrected chi connectivity index (χ1v) is 9.05. The highest BCUT2D eigenvalue weighted by Gasteiger charge is 2.35. The molecule has 7 heteroatoms. The Morgan fingerprint density at radius 2 is 2.00 bits per heavy atom. The number of carbonyl (C=O) groups excluding carboxylic acids is 2. The van der Waals surface area contributed by atoms with Gasteiger partial charge in [-0.3, -0.25) is 4.79 Å². The number of nitrogens with zero attached hydrogens (tertiary/aromatic N) is 1. The van der Waals surface area contributed by atoms with Gasteiger partial charge in [0.1, 0.15) is 0 Å². The smallest absolute Gasteiger partial charge is 0.336 e. The first-order chi connectivity index (χ1) is 12.5. The van der Waals surface area contributed by atoms with Crippen molar-refractivity contribution in [2.75, 3.05) is 19.5 Å². The number of rotatable bonds is 6. The van der Waals surface area contributed by atoms with E-state index >= 15 is 0 Å². The highest BCUT2D eigenvalue weighted by molar-refractivity contribution is 8.03. The number of benzene rings is 1. The molecule has 1 aromatic rings. The summed E-state index contributed by atoms with van der Waals surface area (Å²) in [7, 11) is 1.31. The van der Waals surface area contributed by atoms with Crippen LogP contribution in [0.25, 0.3) is 0 Å². The second kappa shape index (κ2) is 9.11. The fraction of sp³-hybridized carbons (Fsp3) is 0.316. The summed E-state index contributed by atoms with van der Waals surface area (Å²) in [5.41, 5.74) is 2.18. The van der Waals surface area contributed by atoms with Gasteiger partial charge in [-0.25, -0.2) is 4.79 Å². The van der Waals surface area contributed by atoms with E-state index < -0.39 is 17.9 Å². The van der Waals surface area contributed by atoms with E-state index in [-0.39, 0.29) is 12.4 Å². The number of thioether (sulfide) groups is 1. The minimum Gasteiger partial charge on any atom is -0.468 e. The SMILES string of the molecule is CCOC(=O)C1=C(C)NC(SCC(=O)OC)=C(C#N)C1c1ccccc1. The van der Waals surface area contributed by atoms with Crippen molar-refractivity contribution in [2.24, 2.45) is 0 Å². The fourth-order valence-corrected chi connectivity index (χ4v) is 3.60. The number of ether oxygens (including phenoxy) is 2. The lowest BCUT2D eigenvalue weighted by Crippen LogP contribution is -2.29. The minimum atomic E-state index is -0.554. The van der Waals surface area contributed by atoms with Crippen LogP contribution in [-0.2, 0) is 19.1 Å². The van der Waals surface area contributed by atoms with Gasteiger partial charge in [-0.2, -0.15) is 5.26 Å². The Morgan fingerprint density at radius 1 is 1.31 bits per heavy atom. The Kier molecular flexibility index (Phi) is 6.87. The quantitative estimate of drug-likeness (QED) is 0.768. The van der Waals surface area contributed by atoms with E-state index in [9.17, 15) is 14.9 Å². The van der Waals surface area contributed by atoms with Crippen LogP contribution in [-0.4, -0.2) is 31.4 Å². The lowest BCUT2D eigenvalue weighted by atomic mass is 9.82. The maximum atomic E-state index is 12.5. The average molecular weight is 372 g/mol. The molecule has 0 saturated carbocycles. The Bertz CT molecular complexity index is 794. The molecule has 1 aromatic carbocycles. The van der Waals surface area contributed by atoms with Crippen molar-refractivity contribution in [2.45, 2.75) is 19.8 Å². The molecule has 1 atom stereocenters. The molecule has 1 heterocycles. The Hall–Kier alpha value is -2.72. The maximum Gasteiger partial charge on any atom is 0.336 e. The third-order valence-corrected chi connectivity index (χ3v) is 4.83. The molecule has 136 valence electrons. The van der Waals surface area contributed by atoms with Crippen LogP contribution in [0, 0.1) is 11.3 Å². The van der Waals surface area contributed by atoms with Crippen molar-refractivity contribution in [1.29, 1.82) is 5.26 Å². The van der Waals surface area contributed by atoms with Gasteiger partial charge >= 0.3 is 11.9 Å². The van der Waals surface area contributed by atoms with Crippen LogP contribution in [0.1, 0.15) is 25.3 Å². The third kappa shape index (κ3) is 4.27. The number of nitrogens with one attached hydrogen (secondary N) is 1. The summed E-state index contributed by atoms with van der Waals surface area (Å²) in [6.45, 7) is 3.74. The average Bonchev–Trinajstić information content (AvgIpc) is 2.66. The first-order valence-electron chi connectivity index (χ1n) is 8.07. The number of hydrogen-bond donors (Lipinski definition) is 1. The molecular formula is C19H20N2O4S. The van der Waals surface area contributed by atoms with Gasteiger partial charge in [0.15, 0.2) is 0 Å². The lowest BCUT2D eigenvalue weighted by molar-refractivity contribution is -0.139. The molecular weight excluding hydrogens is 352 g/mol. The minimum absolute atomic E-state index is 0.0630. The molecule has 1 unspecified atom stereocenters. The van der Waals surface area contributed by atoms with Crippen LogP contribution in [0.2, 0.25) is 0 Å². The topological polar surface area (TPSA) is 88.4 Å². The largest absolute Gasteiger partial charge is 0.468 e. The number of esters is 2. The number of hydrogen-bond acceptors (Lipinski definition) is 7. The predicted octanol–water partition coefficient (Wildman–Crippen LogP) is 2.85. The van der Waals surface area contributed by atoms with Crippen LogP contribution >= 0.6 is 11.8 Å². The molecule has 2 rings (SSSR count). The summed E-state index contributed by atoms with van der Waals surface area (Å²) < 4.78 is 9.86. The van der Waals surface area contributed by atoms with Gasteiger partial charge in [0.25, 0.3) is 0 Å². The Labute approximate surface area is 156 Å². The molecule has 0 saturated heterocycles. The number of nitriles is 1. The second-order valence-corrected chi connectivity index (χ2v) is 6.43. The van der Waals surface area contributed by atoms with E-state index in [0.29, 0.717) is 21.9 Å². The third-order valence-electron chi connectivity index (χ3n) is 3.84. The lowest BCUT2D eigenvalue weighted by Gasteiger charge is -2.29. The monoisotopic (exact) mass is 372 g/mol. The molecule has 0 aliphatic carbocycles. The van der Waals surface area contributed by atoms with Gasteiger partial charge in [-0.15, -0.1) is 0 Å². The molecule has 0 spiro atoms. The van der Waals surface area contributed by atoms with E-state index in [2.05, 4.69) is 16.1 Å². The standard InChI is InChI=1S/C19H20N2O4S/c1-4-25-19(23)16-12(2)21-18(26-11-15(22)24-3)14(10-20)17(16)13-8-6-5-7-9-13/h5-9,17,21H,4,11H2,1-3H3. The number of allylic oxidation sites excluding steroid dienone is 2. The predicted molar refractivity (Wildman–Crippen MR) is 98.8 cm³/mol. The highest BCUT2D eigenvalue weighted by atomic mass is 32.2. The Balaban J connectivity index is 2.51. The molecule has 0 aromatic heterocycles. The van der Waals surface area contributed by atoms with Crippen molar-refractivity contribution in [3.05, 3.63) is 57.8 Å². The summed E-state index contributed by atoms with van der Waals surface area (Å²) in [6.07, 6.45) is 0. The highest BCUT2D eigenvalue weighted by Crippen LogP contribution is 2.40. The van der Waals surface area contributed by atoms with Crippen LogP contribution in [0.5, 0.6) is 0 Å². The van der Waals surface area contributed by atoms with Crippen LogP contribution in [0.3, 0.4) is 0 Å². The van der Waals surface area contributed by atoms with Gasteiger partial charge in [0.05, 0.1) is 47.6 Å². The van der Waals surface area contributed by atoms with Gasteiger partial charge in [0.2, 0.25) is 0 Å². The maximum absolute atomic E-state index is 12.5. The molecule has 1 aliphatic heterocycles. The number of methoxy groups -OCH3 is 1. The van der Waals surface area contributed by atoms with Crippen molar-refractivity contribution in [1.82, 2.24) is 5.32 Å². The van der Waals surface area contributed by atoms with E-state index in [1.807, 2.05) is 30.3 Å². The molecule has 0 amide bonds. The zero-order chi connectivity index (χ0) is 19.1. The van der Waals surface area contributed by atoms with Gasteiger partial charge in [-0.1, -0.05) is 42.1 Å². The molecule has 0 bridgehead atoms. The summed E-state index contributed by atoms with van der Waals surface area (Å²) in [5.74, 6) is -1.35. The van der Waals surface area contributed by atoms with Crippen LogP contribution in [0.4, 0.5) is 0 Å². The van der Waals surface area contributed by atoms with E-state index in [0.717, 1.165) is 5.56 Å². The summed E-state index contributed by atoms with van der Waals surface area (Å²) >= 11 is 1.18. The van der Waals surface area contributed by atoms with Gasteiger partial charge in [0, 0.05) is 5.70 Å². The molecule has 0 radical (unpaired) electrons. The molecule has 1 N–H and O–H groups in total. The summed E-state index contributed by atoms with van der Waals surface area (Å²) in [5, 5.41) is 13.4. The Morgan fingerprint density at radius 3 is 2.58 bits per heavy atom. The molecule has 6 nitrogen and oxygen atoms in total. The van der Waals surface area contributed by atoms with E-state index in [4.69, 9.17) is 4.74 Å². The van der Waals surface area contributed by atoms with E-state index in [1.54, 1.807) is 13.8 Å². The van der Waals surface area contributed by atoms with Crippen LogP contribution in [0.15, 0.2) is 52.2 Å². The normalized spacial score (nSPS) is 16.6. The van der Waals surface area contributed by atoms with Crippen molar-refractivity contribution >= 4 is 23.7 Å². The molecule has 1 aliphatic rings. The van der Waals surface area contributed by atoms with Gasteiger partial charge in [-0.05, 0) is 19.4 Å². The van der Waals surface area contributed by atoms with Crippen LogP contribution < -0.4 is 5.32 Å². The zero-order valence-corrected chi connectivity index (χ0v) is 15.7. The van der Waals surface area contributed by atoms with Crippen molar-refractivity contribution in [3.63, 3.8) is 0 Å². The van der Waals surface area contributed by atoms with E-state index in [1.165, 1.54) is 18.9 Å². The second-order valence-electron chi connectivity index (χ2n) is 5.45. The number of carbonyl (C=O) groups is 2.